The molecular formula is C14H20FNO2. The Hall–Kier alpha value is -1.58. The van der Waals surface area contributed by atoms with Crippen molar-refractivity contribution >= 4 is 5.91 Å². The lowest BCUT2D eigenvalue weighted by atomic mass is 10.0. The van der Waals surface area contributed by atoms with E-state index in [-0.39, 0.29) is 23.3 Å². The summed E-state index contributed by atoms with van der Waals surface area (Å²) in [7, 11) is 1.67. The number of hydrogen-bond acceptors (Lipinski definition) is 2. The van der Waals surface area contributed by atoms with Gasteiger partial charge >= 0.3 is 0 Å². The fourth-order valence-corrected chi connectivity index (χ4v) is 1.91. The predicted molar refractivity (Wildman–Crippen MR) is 69.1 cm³/mol. The van der Waals surface area contributed by atoms with E-state index in [4.69, 9.17) is 0 Å². The molecule has 0 bridgehead atoms. The minimum atomic E-state index is -0.527. The molecule has 0 aliphatic carbocycles. The highest BCUT2D eigenvalue weighted by molar-refractivity contribution is 5.96. The Balaban J connectivity index is 2.89. The second kappa shape index (κ2) is 5.85. The van der Waals surface area contributed by atoms with Crippen molar-refractivity contribution in [3.63, 3.8) is 0 Å². The van der Waals surface area contributed by atoms with Crippen molar-refractivity contribution in [3.8, 4) is 5.75 Å². The highest BCUT2D eigenvalue weighted by Gasteiger charge is 2.21. The van der Waals surface area contributed by atoms with Crippen LogP contribution in [0.15, 0.2) is 18.2 Å². The van der Waals surface area contributed by atoms with Gasteiger partial charge in [-0.15, -0.1) is 0 Å². The van der Waals surface area contributed by atoms with E-state index in [0.29, 0.717) is 5.92 Å². The highest BCUT2D eigenvalue weighted by Crippen LogP contribution is 2.21. The third kappa shape index (κ3) is 3.45. The van der Waals surface area contributed by atoms with Gasteiger partial charge in [0.25, 0.3) is 5.91 Å². The zero-order valence-electron chi connectivity index (χ0n) is 11.3. The topological polar surface area (TPSA) is 40.5 Å². The second-order valence-corrected chi connectivity index (χ2v) is 5.06. The molecule has 1 atom stereocenters. The van der Waals surface area contributed by atoms with Crippen LogP contribution in [0.2, 0.25) is 0 Å². The van der Waals surface area contributed by atoms with E-state index < -0.39 is 5.82 Å². The van der Waals surface area contributed by atoms with Crippen molar-refractivity contribution < 1.29 is 14.3 Å². The number of hydrogen-bond donors (Lipinski definition) is 1. The number of nitrogens with zero attached hydrogens (tertiary/aromatic N) is 1. The van der Waals surface area contributed by atoms with Gasteiger partial charge in [0.1, 0.15) is 11.6 Å². The SMILES string of the molecule is CC(C)CC(C)N(C)C(=O)c1cc(F)ccc1O. The number of phenolic OH excluding ortho intramolecular Hbond substituents is 1. The lowest BCUT2D eigenvalue weighted by molar-refractivity contribution is 0.0724. The Morgan fingerprint density at radius 2 is 2.00 bits per heavy atom. The monoisotopic (exact) mass is 253 g/mol. The molecule has 1 aromatic carbocycles. The summed E-state index contributed by atoms with van der Waals surface area (Å²) in [4.78, 5) is 13.7. The Bertz CT molecular complexity index is 432. The van der Waals surface area contributed by atoms with E-state index in [1.165, 1.54) is 11.0 Å². The minimum Gasteiger partial charge on any atom is -0.507 e. The van der Waals surface area contributed by atoms with Gasteiger partial charge in [-0.3, -0.25) is 4.79 Å². The van der Waals surface area contributed by atoms with Crippen molar-refractivity contribution in [2.75, 3.05) is 7.05 Å². The van der Waals surface area contributed by atoms with Crippen LogP contribution >= 0.6 is 0 Å². The summed E-state index contributed by atoms with van der Waals surface area (Å²) < 4.78 is 13.1. The zero-order chi connectivity index (χ0) is 13.9. The first-order chi connectivity index (χ1) is 8.32. The van der Waals surface area contributed by atoms with Gasteiger partial charge in [0.2, 0.25) is 0 Å². The molecule has 1 N–H and O–H groups in total. The second-order valence-electron chi connectivity index (χ2n) is 5.06. The standard InChI is InChI=1S/C14H20FNO2/c1-9(2)7-10(3)16(4)14(18)12-8-11(15)5-6-13(12)17/h5-6,8-10,17H,7H2,1-4H3. The van der Waals surface area contributed by atoms with E-state index in [2.05, 4.69) is 13.8 Å². The van der Waals surface area contributed by atoms with Crippen molar-refractivity contribution in [3.05, 3.63) is 29.6 Å². The van der Waals surface area contributed by atoms with E-state index >= 15 is 0 Å². The molecule has 0 aromatic heterocycles. The zero-order valence-corrected chi connectivity index (χ0v) is 11.3. The van der Waals surface area contributed by atoms with Crippen LogP contribution in [0, 0.1) is 11.7 Å². The van der Waals surface area contributed by atoms with Crippen LogP contribution in [0.25, 0.3) is 0 Å². The number of phenols is 1. The molecular weight excluding hydrogens is 233 g/mol. The van der Waals surface area contributed by atoms with Crippen LogP contribution in [-0.4, -0.2) is 29.0 Å². The molecule has 0 heterocycles. The number of benzene rings is 1. The minimum absolute atomic E-state index is 0.00751. The first kappa shape index (κ1) is 14.5. The van der Waals surface area contributed by atoms with E-state index in [9.17, 15) is 14.3 Å². The average Bonchev–Trinajstić information content (AvgIpc) is 2.29. The number of rotatable bonds is 4. The Kier molecular flexibility index (Phi) is 4.70. The van der Waals surface area contributed by atoms with Crippen molar-refractivity contribution in [2.45, 2.75) is 33.2 Å². The first-order valence-electron chi connectivity index (χ1n) is 6.08. The van der Waals surface area contributed by atoms with Gasteiger partial charge in [-0.05, 0) is 37.5 Å². The van der Waals surface area contributed by atoms with E-state index in [1.54, 1.807) is 7.05 Å². The van der Waals surface area contributed by atoms with Crippen LogP contribution in [-0.2, 0) is 0 Å². The fraction of sp³-hybridized carbons (Fsp3) is 0.500. The maximum atomic E-state index is 13.1. The summed E-state index contributed by atoms with van der Waals surface area (Å²) in [5.74, 6) is -0.609. The summed E-state index contributed by atoms with van der Waals surface area (Å²) in [6.07, 6.45) is 0.859. The van der Waals surface area contributed by atoms with Crippen molar-refractivity contribution in [1.29, 1.82) is 0 Å². The lowest BCUT2D eigenvalue weighted by Gasteiger charge is -2.26. The molecule has 0 saturated heterocycles. The van der Waals surface area contributed by atoms with Gasteiger partial charge in [-0.25, -0.2) is 4.39 Å². The molecule has 4 heteroatoms. The maximum Gasteiger partial charge on any atom is 0.257 e. The molecule has 0 fully saturated rings. The molecule has 1 unspecified atom stereocenters. The van der Waals surface area contributed by atoms with Crippen molar-refractivity contribution in [2.24, 2.45) is 5.92 Å². The number of aromatic hydroxyl groups is 1. The maximum absolute atomic E-state index is 13.1. The molecule has 3 nitrogen and oxygen atoms in total. The average molecular weight is 253 g/mol. The van der Waals surface area contributed by atoms with E-state index in [0.717, 1.165) is 18.6 Å². The van der Waals surface area contributed by atoms with Gasteiger partial charge < -0.3 is 10.0 Å². The molecule has 0 aliphatic heterocycles. The summed E-state index contributed by atoms with van der Waals surface area (Å²) in [5.41, 5.74) is 0.00751. The lowest BCUT2D eigenvalue weighted by Crippen LogP contribution is -2.36. The fourth-order valence-electron chi connectivity index (χ4n) is 1.91. The Labute approximate surface area is 107 Å². The molecule has 0 aliphatic rings. The third-order valence-electron chi connectivity index (χ3n) is 2.98. The van der Waals surface area contributed by atoms with Crippen LogP contribution in [0.1, 0.15) is 37.6 Å². The summed E-state index contributed by atoms with van der Waals surface area (Å²) in [5, 5.41) is 9.60. The summed E-state index contributed by atoms with van der Waals surface area (Å²) in [6.45, 7) is 6.09. The number of carbonyl (C=O) groups excluding carboxylic acids is 1. The molecule has 0 radical (unpaired) electrons. The van der Waals surface area contributed by atoms with E-state index in [1.807, 2.05) is 6.92 Å². The number of amides is 1. The predicted octanol–water partition coefficient (Wildman–Crippen LogP) is 3.04. The molecule has 0 spiro atoms. The van der Waals surface area contributed by atoms with Gasteiger partial charge in [-0.1, -0.05) is 13.8 Å². The van der Waals surface area contributed by atoms with Crippen LogP contribution in [0.4, 0.5) is 4.39 Å². The van der Waals surface area contributed by atoms with Crippen LogP contribution in [0.5, 0.6) is 5.75 Å². The van der Waals surface area contributed by atoms with Crippen LogP contribution in [0.3, 0.4) is 0 Å². The first-order valence-corrected chi connectivity index (χ1v) is 6.08. The molecule has 1 amide bonds. The third-order valence-corrected chi connectivity index (χ3v) is 2.98. The van der Waals surface area contributed by atoms with Gasteiger partial charge in [0.05, 0.1) is 5.56 Å². The molecule has 1 aromatic rings. The van der Waals surface area contributed by atoms with Crippen molar-refractivity contribution in [1.82, 2.24) is 4.90 Å². The Morgan fingerprint density at radius 1 is 1.39 bits per heavy atom. The smallest absolute Gasteiger partial charge is 0.257 e. The quantitative estimate of drug-likeness (QED) is 0.896. The number of carbonyl (C=O) groups is 1. The Morgan fingerprint density at radius 3 is 2.56 bits per heavy atom. The summed E-state index contributed by atoms with van der Waals surface area (Å²) >= 11 is 0. The molecule has 100 valence electrons. The molecule has 1 rings (SSSR count). The van der Waals surface area contributed by atoms with Gasteiger partial charge in [0.15, 0.2) is 0 Å². The molecule has 0 saturated carbocycles. The van der Waals surface area contributed by atoms with Gasteiger partial charge in [-0.2, -0.15) is 0 Å². The van der Waals surface area contributed by atoms with Gasteiger partial charge in [0, 0.05) is 13.1 Å². The largest absolute Gasteiger partial charge is 0.507 e. The van der Waals surface area contributed by atoms with Crippen LogP contribution < -0.4 is 0 Å². The molecule has 18 heavy (non-hydrogen) atoms. The number of halogens is 1. The summed E-state index contributed by atoms with van der Waals surface area (Å²) in [6, 6.07) is 3.43. The highest BCUT2D eigenvalue weighted by atomic mass is 19.1. The normalized spacial score (nSPS) is 12.6.